The van der Waals surface area contributed by atoms with E-state index in [1.54, 1.807) is 11.3 Å². The highest BCUT2D eigenvalue weighted by atomic mass is 32.1. The van der Waals surface area contributed by atoms with Gasteiger partial charge in [0.15, 0.2) is 0 Å². The zero-order valence-corrected chi connectivity index (χ0v) is 10.2. The molecule has 16 heavy (non-hydrogen) atoms. The van der Waals surface area contributed by atoms with Crippen molar-refractivity contribution in [3.8, 4) is 0 Å². The summed E-state index contributed by atoms with van der Waals surface area (Å²) in [5.74, 6) is 0. The molecule has 2 rings (SSSR count). The predicted molar refractivity (Wildman–Crippen MR) is 64.4 cm³/mol. The standard InChI is InChI=1S/C11H18N2O2S/c1-7-2-3-11(16-7)8(4-12)13-5-9(14)10(15)6-13/h2-3,8-10,14-15H,4-6,12H2,1H3. The quantitative estimate of drug-likeness (QED) is 0.703. The van der Waals surface area contributed by atoms with E-state index in [1.165, 1.54) is 9.75 Å². The second-order valence-electron chi connectivity index (χ2n) is 4.29. The number of nitrogens with zero attached hydrogens (tertiary/aromatic N) is 1. The zero-order chi connectivity index (χ0) is 11.7. The summed E-state index contributed by atoms with van der Waals surface area (Å²) in [5.41, 5.74) is 5.79. The van der Waals surface area contributed by atoms with Crippen molar-refractivity contribution in [2.24, 2.45) is 5.73 Å². The van der Waals surface area contributed by atoms with Gasteiger partial charge in [-0.3, -0.25) is 4.90 Å². The van der Waals surface area contributed by atoms with Crippen molar-refractivity contribution < 1.29 is 10.2 Å². The molecule has 5 heteroatoms. The maximum atomic E-state index is 9.54. The normalized spacial score (nSPS) is 28.5. The first-order chi connectivity index (χ1) is 7.61. The van der Waals surface area contributed by atoms with Gasteiger partial charge in [0.25, 0.3) is 0 Å². The van der Waals surface area contributed by atoms with Gasteiger partial charge < -0.3 is 15.9 Å². The van der Waals surface area contributed by atoms with Crippen molar-refractivity contribution in [2.45, 2.75) is 25.2 Å². The number of thiophene rings is 1. The number of hydrogen-bond donors (Lipinski definition) is 3. The minimum Gasteiger partial charge on any atom is -0.389 e. The van der Waals surface area contributed by atoms with Crippen LogP contribution in [-0.2, 0) is 0 Å². The number of aryl methyl sites for hydroxylation is 1. The summed E-state index contributed by atoms with van der Waals surface area (Å²) >= 11 is 1.72. The molecule has 3 unspecified atom stereocenters. The van der Waals surface area contributed by atoms with Gasteiger partial charge in [-0.1, -0.05) is 0 Å². The number of aliphatic hydroxyl groups is 2. The molecule has 1 aromatic rings. The highest BCUT2D eigenvalue weighted by Crippen LogP contribution is 2.29. The number of nitrogens with two attached hydrogens (primary N) is 1. The summed E-state index contributed by atoms with van der Waals surface area (Å²) in [7, 11) is 0. The lowest BCUT2D eigenvalue weighted by molar-refractivity contribution is 0.0572. The molecule has 0 saturated carbocycles. The Kier molecular flexibility index (Phi) is 3.61. The van der Waals surface area contributed by atoms with Gasteiger partial charge in [-0.2, -0.15) is 0 Å². The van der Waals surface area contributed by atoms with Crippen LogP contribution in [0.4, 0.5) is 0 Å². The van der Waals surface area contributed by atoms with E-state index in [0.29, 0.717) is 19.6 Å². The Morgan fingerprint density at radius 1 is 1.44 bits per heavy atom. The Labute approximate surface area is 99.3 Å². The van der Waals surface area contributed by atoms with Gasteiger partial charge >= 0.3 is 0 Å². The second-order valence-corrected chi connectivity index (χ2v) is 5.61. The maximum absolute atomic E-state index is 9.54. The minimum absolute atomic E-state index is 0.116. The summed E-state index contributed by atoms with van der Waals surface area (Å²) < 4.78 is 0. The summed E-state index contributed by atoms with van der Waals surface area (Å²) in [6.07, 6.45) is -1.29. The highest BCUT2D eigenvalue weighted by Gasteiger charge is 2.34. The number of β-amino-alcohol motifs (C(OH)–C–C–N with tert-alkyl or cyclic N) is 2. The van der Waals surface area contributed by atoms with E-state index < -0.39 is 12.2 Å². The van der Waals surface area contributed by atoms with E-state index in [0.717, 1.165) is 0 Å². The van der Waals surface area contributed by atoms with Crippen molar-refractivity contribution in [3.63, 3.8) is 0 Å². The number of hydrogen-bond acceptors (Lipinski definition) is 5. The minimum atomic E-state index is -0.643. The van der Waals surface area contributed by atoms with E-state index in [-0.39, 0.29) is 6.04 Å². The van der Waals surface area contributed by atoms with Crippen molar-refractivity contribution in [2.75, 3.05) is 19.6 Å². The van der Waals surface area contributed by atoms with Crippen molar-refractivity contribution >= 4 is 11.3 Å². The first-order valence-electron chi connectivity index (χ1n) is 5.48. The lowest BCUT2D eigenvalue weighted by Crippen LogP contribution is -2.32. The van der Waals surface area contributed by atoms with Crippen molar-refractivity contribution in [3.05, 3.63) is 21.9 Å². The molecule has 1 saturated heterocycles. The number of aliphatic hydroxyl groups excluding tert-OH is 2. The fraction of sp³-hybridized carbons (Fsp3) is 0.636. The second kappa shape index (κ2) is 4.81. The molecule has 1 aliphatic rings. The van der Waals surface area contributed by atoms with Crippen LogP contribution in [-0.4, -0.2) is 47.0 Å². The molecular formula is C11H18N2O2S. The van der Waals surface area contributed by atoms with E-state index in [1.807, 2.05) is 0 Å². The molecule has 1 aromatic heterocycles. The van der Waals surface area contributed by atoms with Crippen LogP contribution >= 0.6 is 11.3 Å². The molecule has 1 fully saturated rings. The van der Waals surface area contributed by atoms with Gasteiger partial charge in [-0.05, 0) is 19.1 Å². The Morgan fingerprint density at radius 2 is 2.06 bits per heavy atom. The van der Waals surface area contributed by atoms with Gasteiger partial charge in [-0.25, -0.2) is 0 Å². The third-order valence-electron chi connectivity index (χ3n) is 3.04. The molecule has 0 aromatic carbocycles. The van der Waals surface area contributed by atoms with Crippen molar-refractivity contribution in [1.82, 2.24) is 4.90 Å². The first kappa shape index (κ1) is 12.0. The molecule has 2 heterocycles. The van der Waals surface area contributed by atoms with Gasteiger partial charge in [0, 0.05) is 29.4 Å². The molecule has 90 valence electrons. The Bertz CT molecular complexity index is 346. The van der Waals surface area contributed by atoms with E-state index in [4.69, 9.17) is 5.73 Å². The average molecular weight is 242 g/mol. The molecule has 3 atom stereocenters. The zero-order valence-electron chi connectivity index (χ0n) is 9.34. The molecule has 4 nitrogen and oxygen atoms in total. The van der Waals surface area contributed by atoms with Gasteiger partial charge in [0.2, 0.25) is 0 Å². The predicted octanol–water partition coefficient (Wildman–Crippen LogP) is 0.0937. The van der Waals surface area contributed by atoms with Crippen LogP contribution in [0.15, 0.2) is 12.1 Å². The van der Waals surface area contributed by atoms with Gasteiger partial charge in [0.1, 0.15) is 0 Å². The molecule has 1 aliphatic heterocycles. The summed E-state index contributed by atoms with van der Waals surface area (Å²) in [4.78, 5) is 4.52. The van der Waals surface area contributed by atoms with E-state index in [9.17, 15) is 10.2 Å². The highest BCUT2D eigenvalue weighted by molar-refractivity contribution is 7.12. The molecular weight excluding hydrogens is 224 g/mol. The average Bonchev–Trinajstić information content (AvgIpc) is 2.77. The third-order valence-corrected chi connectivity index (χ3v) is 4.14. The fourth-order valence-electron chi connectivity index (χ4n) is 2.13. The van der Waals surface area contributed by atoms with Gasteiger partial charge in [-0.15, -0.1) is 11.3 Å². The monoisotopic (exact) mass is 242 g/mol. The fourth-order valence-corrected chi connectivity index (χ4v) is 3.16. The smallest absolute Gasteiger partial charge is 0.0938 e. The molecule has 0 amide bonds. The SMILES string of the molecule is Cc1ccc(C(CN)N2CC(O)C(O)C2)s1. The van der Waals surface area contributed by atoms with Crippen LogP contribution in [0.25, 0.3) is 0 Å². The largest absolute Gasteiger partial charge is 0.389 e. The molecule has 0 radical (unpaired) electrons. The third kappa shape index (κ3) is 2.28. The molecule has 0 spiro atoms. The molecule has 0 bridgehead atoms. The lowest BCUT2D eigenvalue weighted by atomic mass is 10.2. The topological polar surface area (TPSA) is 69.7 Å². The summed E-state index contributed by atoms with van der Waals surface area (Å²) in [6, 6.07) is 4.27. The maximum Gasteiger partial charge on any atom is 0.0938 e. The molecule has 0 aliphatic carbocycles. The van der Waals surface area contributed by atoms with Crippen LogP contribution in [0.2, 0.25) is 0 Å². The summed E-state index contributed by atoms with van der Waals surface area (Å²) in [5, 5.41) is 19.1. The van der Waals surface area contributed by atoms with Crippen LogP contribution in [0.5, 0.6) is 0 Å². The van der Waals surface area contributed by atoms with Gasteiger partial charge in [0.05, 0.1) is 18.2 Å². The van der Waals surface area contributed by atoms with E-state index >= 15 is 0 Å². The Balaban J connectivity index is 2.12. The number of rotatable bonds is 3. The Morgan fingerprint density at radius 3 is 2.50 bits per heavy atom. The van der Waals surface area contributed by atoms with Crippen LogP contribution < -0.4 is 5.73 Å². The summed E-state index contributed by atoms with van der Waals surface area (Å²) in [6.45, 7) is 3.58. The number of likely N-dealkylation sites (tertiary alicyclic amines) is 1. The van der Waals surface area contributed by atoms with Crippen LogP contribution in [0, 0.1) is 6.92 Å². The van der Waals surface area contributed by atoms with Crippen LogP contribution in [0.1, 0.15) is 15.8 Å². The van der Waals surface area contributed by atoms with Crippen LogP contribution in [0.3, 0.4) is 0 Å². The van der Waals surface area contributed by atoms with E-state index in [2.05, 4.69) is 24.0 Å². The Hall–Kier alpha value is -0.460. The van der Waals surface area contributed by atoms with Crippen molar-refractivity contribution in [1.29, 1.82) is 0 Å². The lowest BCUT2D eigenvalue weighted by Gasteiger charge is -2.25. The molecule has 4 N–H and O–H groups in total. The first-order valence-corrected chi connectivity index (χ1v) is 6.30.